The second-order valence-electron chi connectivity index (χ2n) is 4.59. The van der Waals surface area contributed by atoms with E-state index in [1.807, 2.05) is 38.1 Å². The average molecular weight is 282 g/mol. The normalized spacial score (nSPS) is 12.4. The average Bonchev–Trinajstić information content (AvgIpc) is 2.37. The molecule has 1 aromatic rings. The molecule has 0 aliphatic rings. The zero-order valence-corrected chi connectivity index (χ0v) is 12.5. The molecule has 0 radical (unpaired) electrons. The fraction of sp³-hybridized carbons (Fsp3) is 0.500. The molecular formula is C14H22N2O2S. The molecule has 0 aliphatic carbocycles. The number of nitrogens with two attached hydrogens (primary N) is 1. The largest absolute Gasteiger partial charge is 0.497 e. The fourth-order valence-electron chi connectivity index (χ4n) is 1.70. The second kappa shape index (κ2) is 8.07. The van der Waals surface area contributed by atoms with Gasteiger partial charge in [-0.3, -0.25) is 4.79 Å². The highest BCUT2D eigenvalue weighted by Gasteiger charge is 2.15. The first-order valence-electron chi connectivity index (χ1n) is 6.35. The van der Waals surface area contributed by atoms with Gasteiger partial charge in [-0.1, -0.05) is 19.9 Å². The molecule has 1 aromatic carbocycles. The lowest BCUT2D eigenvalue weighted by atomic mass is 10.2. The molecule has 1 atom stereocenters. The summed E-state index contributed by atoms with van der Waals surface area (Å²) in [7, 11) is 1.65. The van der Waals surface area contributed by atoms with Gasteiger partial charge in [-0.15, -0.1) is 11.8 Å². The van der Waals surface area contributed by atoms with Crippen LogP contribution >= 0.6 is 11.8 Å². The highest BCUT2D eigenvalue weighted by molar-refractivity contribution is 7.99. The van der Waals surface area contributed by atoms with Crippen molar-refractivity contribution in [1.82, 2.24) is 5.32 Å². The number of hydrogen-bond donors (Lipinski definition) is 2. The number of primary amides is 1. The van der Waals surface area contributed by atoms with Gasteiger partial charge in [0, 0.05) is 10.9 Å². The van der Waals surface area contributed by atoms with Gasteiger partial charge in [0.25, 0.3) is 0 Å². The summed E-state index contributed by atoms with van der Waals surface area (Å²) in [4.78, 5) is 12.4. The van der Waals surface area contributed by atoms with Crippen molar-refractivity contribution in [3.63, 3.8) is 0 Å². The minimum absolute atomic E-state index is 0.249. The van der Waals surface area contributed by atoms with Crippen LogP contribution in [-0.4, -0.2) is 30.9 Å². The van der Waals surface area contributed by atoms with Crippen molar-refractivity contribution in [1.29, 1.82) is 0 Å². The van der Waals surface area contributed by atoms with Crippen LogP contribution in [0.25, 0.3) is 0 Å². The Bertz CT molecular complexity index is 410. The number of benzene rings is 1. The third-order valence-corrected chi connectivity index (χ3v) is 3.62. The predicted octanol–water partition coefficient (Wildman–Crippen LogP) is 2.03. The molecule has 1 amide bonds. The minimum atomic E-state index is -0.292. The maximum Gasteiger partial charge on any atom is 0.234 e. The molecule has 4 nitrogen and oxygen atoms in total. The number of nitrogens with one attached hydrogen (secondary N) is 1. The van der Waals surface area contributed by atoms with E-state index < -0.39 is 0 Å². The summed E-state index contributed by atoms with van der Waals surface area (Å²) < 4.78 is 5.17. The molecule has 1 unspecified atom stereocenters. The molecule has 3 N–H and O–H groups in total. The van der Waals surface area contributed by atoms with Gasteiger partial charge < -0.3 is 15.8 Å². The van der Waals surface area contributed by atoms with Gasteiger partial charge in [-0.25, -0.2) is 0 Å². The van der Waals surface area contributed by atoms with Gasteiger partial charge in [0.05, 0.1) is 13.2 Å². The van der Waals surface area contributed by atoms with E-state index in [1.165, 1.54) is 0 Å². The first kappa shape index (κ1) is 15.9. The van der Waals surface area contributed by atoms with Crippen molar-refractivity contribution in [3.8, 4) is 5.75 Å². The molecule has 5 heteroatoms. The number of methoxy groups -OCH3 is 1. The van der Waals surface area contributed by atoms with Crippen molar-refractivity contribution in [3.05, 3.63) is 24.3 Å². The first-order valence-corrected chi connectivity index (χ1v) is 7.33. The summed E-state index contributed by atoms with van der Waals surface area (Å²) in [5.41, 5.74) is 5.38. The maximum absolute atomic E-state index is 11.3. The van der Waals surface area contributed by atoms with Gasteiger partial charge in [0.2, 0.25) is 5.91 Å². The number of rotatable bonds is 8. The Balaban J connectivity index is 2.44. The molecule has 0 aromatic heterocycles. The first-order chi connectivity index (χ1) is 9.02. The number of thioether (sulfide) groups is 1. The zero-order valence-electron chi connectivity index (χ0n) is 11.7. The fourth-order valence-corrected chi connectivity index (χ4v) is 2.66. The number of carbonyl (C=O) groups excluding carboxylic acids is 1. The third kappa shape index (κ3) is 5.98. The monoisotopic (exact) mass is 282 g/mol. The van der Waals surface area contributed by atoms with E-state index >= 15 is 0 Å². The van der Waals surface area contributed by atoms with Crippen LogP contribution in [0.5, 0.6) is 5.75 Å². The third-order valence-electron chi connectivity index (χ3n) is 2.59. The van der Waals surface area contributed by atoms with Crippen molar-refractivity contribution < 1.29 is 9.53 Å². The number of amides is 1. The summed E-state index contributed by atoms with van der Waals surface area (Å²) in [6.07, 6.45) is 0.718. The Morgan fingerprint density at radius 1 is 1.47 bits per heavy atom. The molecule has 19 heavy (non-hydrogen) atoms. The van der Waals surface area contributed by atoms with E-state index in [-0.39, 0.29) is 18.0 Å². The van der Waals surface area contributed by atoms with E-state index in [0.717, 1.165) is 22.8 Å². The summed E-state index contributed by atoms with van der Waals surface area (Å²) in [5, 5.41) is 3.18. The molecule has 0 fully saturated rings. The van der Waals surface area contributed by atoms with Gasteiger partial charge >= 0.3 is 0 Å². The van der Waals surface area contributed by atoms with Gasteiger partial charge in [-0.05, 0) is 30.4 Å². The zero-order chi connectivity index (χ0) is 14.3. The second-order valence-corrected chi connectivity index (χ2v) is 5.76. The highest BCUT2D eigenvalue weighted by atomic mass is 32.2. The van der Waals surface area contributed by atoms with Crippen LogP contribution in [0.4, 0.5) is 0 Å². The van der Waals surface area contributed by atoms with Crippen LogP contribution in [0, 0.1) is 0 Å². The van der Waals surface area contributed by atoms with Crippen molar-refractivity contribution in [2.45, 2.75) is 37.2 Å². The van der Waals surface area contributed by atoms with Crippen LogP contribution < -0.4 is 15.8 Å². The predicted molar refractivity (Wildman–Crippen MR) is 79.6 cm³/mol. The topological polar surface area (TPSA) is 64.3 Å². The van der Waals surface area contributed by atoms with Gasteiger partial charge in [0.15, 0.2) is 0 Å². The van der Waals surface area contributed by atoms with Crippen LogP contribution in [0.15, 0.2) is 29.2 Å². The molecular weight excluding hydrogens is 260 g/mol. The summed E-state index contributed by atoms with van der Waals surface area (Å²) in [6, 6.07) is 7.87. The van der Waals surface area contributed by atoms with Crippen LogP contribution in [0.3, 0.4) is 0 Å². The standard InChI is InChI=1S/C14H22N2O2S/c1-10(2)16-13(14(15)17)7-8-19-12-6-4-5-11(9-12)18-3/h4-6,9-10,13,16H,7-8H2,1-3H3,(H2,15,17). The number of ether oxygens (including phenoxy) is 1. The van der Waals surface area contributed by atoms with E-state index in [0.29, 0.717) is 0 Å². The maximum atomic E-state index is 11.3. The van der Waals surface area contributed by atoms with Crippen LogP contribution in [-0.2, 0) is 4.79 Å². The summed E-state index contributed by atoms with van der Waals surface area (Å²) in [6.45, 7) is 4.01. The molecule has 0 spiro atoms. The SMILES string of the molecule is COc1cccc(SCCC(NC(C)C)C(N)=O)c1. The number of hydrogen-bond acceptors (Lipinski definition) is 4. The summed E-state index contributed by atoms with van der Waals surface area (Å²) in [5.74, 6) is 1.39. The molecule has 0 saturated carbocycles. The van der Waals surface area contributed by atoms with E-state index in [4.69, 9.17) is 10.5 Å². The molecule has 1 rings (SSSR count). The Labute approximate surface area is 119 Å². The highest BCUT2D eigenvalue weighted by Crippen LogP contribution is 2.23. The van der Waals surface area contributed by atoms with Gasteiger partial charge in [0.1, 0.15) is 5.75 Å². The van der Waals surface area contributed by atoms with Gasteiger partial charge in [-0.2, -0.15) is 0 Å². The lowest BCUT2D eigenvalue weighted by Crippen LogP contribution is -2.44. The molecule has 0 bridgehead atoms. The Morgan fingerprint density at radius 2 is 2.21 bits per heavy atom. The smallest absolute Gasteiger partial charge is 0.234 e. The number of carbonyl (C=O) groups is 1. The van der Waals surface area contributed by atoms with Crippen molar-refractivity contribution in [2.24, 2.45) is 5.73 Å². The Kier molecular flexibility index (Phi) is 6.73. The minimum Gasteiger partial charge on any atom is -0.497 e. The summed E-state index contributed by atoms with van der Waals surface area (Å²) >= 11 is 1.70. The quantitative estimate of drug-likeness (QED) is 0.716. The van der Waals surface area contributed by atoms with Crippen molar-refractivity contribution >= 4 is 17.7 Å². The van der Waals surface area contributed by atoms with E-state index in [9.17, 15) is 4.79 Å². The Hall–Kier alpha value is -1.20. The van der Waals surface area contributed by atoms with Crippen molar-refractivity contribution in [2.75, 3.05) is 12.9 Å². The lowest BCUT2D eigenvalue weighted by Gasteiger charge is -2.17. The van der Waals surface area contributed by atoms with E-state index in [2.05, 4.69) is 5.32 Å². The van der Waals surface area contributed by atoms with E-state index in [1.54, 1.807) is 18.9 Å². The molecule has 0 aliphatic heterocycles. The lowest BCUT2D eigenvalue weighted by molar-refractivity contribution is -0.120. The molecule has 106 valence electrons. The molecule has 0 heterocycles. The van der Waals surface area contributed by atoms with Crippen LogP contribution in [0.2, 0.25) is 0 Å². The van der Waals surface area contributed by atoms with Crippen LogP contribution in [0.1, 0.15) is 20.3 Å². The molecule has 0 saturated heterocycles. The Morgan fingerprint density at radius 3 is 2.79 bits per heavy atom.